The Hall–Kier alpha value is -3.77. The summed E-state index contributed by atoms with van der Waals surface area (Å²) in [5.41, 5.74) is 1.93. The third-order valence-corrected chi connectivity index (χ3v) is 4.67. The lowest BCUT2D eigenvalue weighted by atomic mass is 10.2. The Morgan fingerprint density at radius 1 is 1.13 bits per heavy atom. The number of benzene rings is 1. The Balaban J connectivity index is 1.71. The molecule has 0 saturated carbocycles. The first-order valence-electron chi connectivity index (χ1n) is 8.83. The molecule has 0 bridgehead atoms. The van der Waals surface area contributed by atoms with E-state index in [4.69, 9.17) is 0 Å². The van der Waals surface area contributed by atoms with E-state index in [1.165, 1.54) is 25.0 Å². The quantitative estimate of drug-likeness (QED) is 0.240. The number of anilines is 2. The fraction of sp³-hybridized carbons (Fsp3) is 0.111. The van der Waals surface area contributed by atoms with Crippen molar-refractivity contribution >= 4 is 45.4 Å². The van der Waals surface area contributed by atoms with E-state index in [-0.39, 0.29) is 10.8 Å². The van der Waals surface area contributed by atoms with Crippen LogP contribution in [-0.2, 0) is 11.1 Å². The van der Waals surface area contributed by atoms with E-state index in [9.17, 15) is 8.76 Å². The van der Waals surface area contributed by atoms with Crippen LogP contribution in [0.3, 0.4) is 0 Å². The van der Waals surface area contributed by atoms with Crippen molar-refractivity contribution in [2.75, 3.05) is 10.6 Å². The molecule has 0 fully saturated rings. The molecule has 0 aliphatic heterocycles. The highest BCUT2D eigenvalue weighted by atomic mass is 32.2. The minimum atomic E-state index is -2.58. The lowest BCUT2D eigenvalue weighted by Gasteiger charge is -2.19. The van der Waals surface area contributed by atoms with E-state index in [0.29, 0.717) is 22.8 Å². The molecule has 3 N–H and O–H groups in total. The third-order valence-electron chi connectivity index (χ3n) is 4.06. The lowest BCUT2D eigenvalue weighted by molar-refractivity contribution is 0.533. The molecule has 0 aliphatic rings. The lowest BCUT2D eigenvalue weighted by Crippen LogP contribution is -2.32. The Bertz CT molecular complexity index is 1210. The number of hydrogen-bond donors (Lipinski definition) is 3. The Labute approximate surface area is 173 Å². The highest BCUT2D eigenvalue weighted by Crippen LogP contribution is 2.20. The van der Waals surface area contributed by atoms with Gasteiger partial charge in [0.05, 0.1) is 12.4 Å². The van der Waals surface area contributed by atoms with Crippen LogP contribution in [-0.4, -0.2) is 50.5 Å². The topological polar surface area (TPSA) is 157 Å². The summed E-state index contributed by atoms with van der Waals surface area (Å²) >= 11 is -2.58. The summed E-state index contributed by atoms with van der Waals surface area (Å²) in [5, 5.41) is 6.21. The number of nitrogens with zero attached hydrogens (tertiary/aromatic N) is 6. The average molecular weight is 422 g/mol. The summed E-state index contributed by atoms with van der Waals surface area (Å²) in [5.74, 6) is 0.922. The number of H-pyrrole nitrogens is 1. The van der Waals surface area contributed by atoms with Gasteiger partial charge in [0.15, 0.2) is 22.3 Å². The molecule has 0 aliphatic carbocycles. The highest BCUT2D eigenvalue weighted by molar-refractivity contribution is 7.79. The highest BCUT2D eigenvalue weighted by Gasteiger charge is 2.16. The molecule has 0 amide bonds. The molecule has 0 saturated heterocycles. The predicted octanol–water partition coefficient (Wildman–Crippen LogP) is 2.02. The Kier molecular flexibility index (Phi) is 5.68. The van der Waals surface area contributed by atoms with E-state index >= 15 is 0 Å². The van der Waals surface area contributed by atoms with Crippen LogP contribution in [0, 0.1) is 0 Å². The summed E-state index contributed by atoms with van der Waals surface area (Å²) in [6, 6.07) is 8.95. The van der Waals surface area contributed by atoms with Crippen molar-refractivity contribution in [1.29, 1.82) is 0 Å². The number of amidine groups is 1. The van der Waals surface area contributed by atoms with Gasteiger partial charge in [-0.1, -0.05) is 18.2 Å². The van der Waals surface area contributed by atoms with Crippen molar-refractivity contribution in [3.63, 3.8) is 0 Å². The molecule has 2 atom stereocenters. The van der Waals surface area contributed by atoms with Gasteiger partial charge in [0.25, 0.3) is 0 Å². The fourth-order valence-electron chi connectivity index (χ4n) is 2.68. The van der Waals surface area contributed by atoms with Crippen molar-refractivity contribution in [3.8, 4) is 0 Å². The van der Waals surface area contributed by atoms with Gasteiger partial charge in [0.2, 0.25) is 0 Å². The number of aliphatic imine (C=N–C) groups is 1. The molecule has 0 radical (unpaired) electrons. The summed E-state index contributed by atoms with van der Waals surface area (Å²) in [4.78, 5) is 27.8. The van der Waals surface area contributed by atoms with Crippen molar-refractivity contribution in [1.82, 2.24) is 29.9 Å². The van der Waals surface area contributed by atoms with Crippen molar-refractivity contribution in [2.45, 2.75) is 18.0 Å². The zero-order valence-corrected chi connectivity index (χ0v) is 16.5. The van der Waals surface area contributed by atoms with Gasteiger partial charge in [-0.15, -0.1) is 0 Å². The summed E-state index contributed by atoms with van der Waals surface area (Å²) < 4.78 is 23.0. The molecule has 2 unspecified atom stereocenters. The second-order valence-electron chi connectivity index (χ2n) is 6.10. The first kappa shape index (κ1) is 19.5. The molecule has 152 valence electrons. The monoisotopic (exact) mass is 422 g/mol. The van der Waals surface area contributed by atoms with Gasteiger partial charge >= 0.3 is 0 Å². The first-order chi connectivity index (χ1) is 14.6. The SMILES string of the molecule is CC(Nc1ncnc2nc[nH]c12)C(=Nc1nccnc1S(=O)[O-])Nc1ccccc1. The molecular formula is C18H16N9O2S-. The Morgan fingerprint density at radius 2 is 1.93 bits per heavy atom. The van der Waals surface area contributed by atoms with Crippen LogP contribution in [0.4, 0.5) is 17.3 Å². The van der Waals surface area contributed by atoms with Gasteiger partial charge < -0.3 is 20.2 Å². The number of aromatic nitrogens is 6. The fourth-order valence-corrected chi connectivity index (χ4v) is 3.07. The van der Waals surface area contributed by atoms with Crippen LogP contribution >= 0.6 is 0 Å². The van der Waals surface area contributed by atoms with Gasteiger partial charge in [0, 0.05) is 29.2 Å². The van der Waals surface area contributed by atoms with E-state index in [1.54, 1.807) is 0 Å². The first-order valence-corrected chi connectivity index (χ1v) is 9.91. The molecule has 4 rings (SSSR count). The zero-order valence-electron chi connectivity index (χ0n) is 15.7. The van der Waals surface area contributed by atoms with E-state index < -0.39 is 17.1 Å². The van der Waals surface area contributed by atoms with Crippen LogP contribution in [0.1, 0.15) is 6.92 Å². The molecule has 1 aromatic carbocycles. The summed E-state index contributed by atoms with van der Waals surface area (Å²) in [6.45, 7) is 1.85. The number of rotatable bonds is 6. The Morgan fingerprint density at radius 3 is 2.73 bits per heavy atom. The predicted molar refractivity (Wildman–Crippen MR) is 111 cm³/mol. The normalized spacial score (nSPS) is 13.7. The van der Waals surface area contributed by atoms with Gasteiger partial charge in [-0.2, -0.15) is 0 Å². The number of imidazole rings is 1. The molecule has 30 heavy (non-hydrogen) atoms. The van der Waals surface area contributed by atoms with E-state index in [1.807, 2.05) is 37.3 Å². The number of hydrogen-bond acceptors (Lipinski definition) is 9. The van der Waals surface area contributed by atoms with Crippen molar-refractivity contribution in [2.24, 2.45) is 4.99 Å². The summed E-state index contributed by atoms with van der Waals surface area (Å²) in [7, 11) is 0. The molecule has 3 aromatic heterocycles. The van der Waals surface area contributed by atoms with Crippen LogP contribution in [0.15, 0.2) is 65.4 Å². The largest absolute Gasteiger partial charge is 0.767 e. The van der Waals surface area contributed by atoms with Crippen LogP contribution < -0.4 is 10.6 Å². The average Bonchev–Trinajstić information content (AvgIpc) is 3.24. The maximum absolute atomic E-state index is 11.5. The standard InChI is InChI=1S/C18H17N9O2S/c1-11(25-16-13-15(22-9-21-13)23-10-24-16)14(26-12-5-3-2-4-6-12)27-17-18(30(28)29)20-8-7-19-17/h2-11H,1H3,(H,28,29)(H,19,26,27)(H2,21,22,23,24,25)/p-1. The molecule has 11 nitrogen and oxygen atoms in total. The van der Waals surface area contributed by atoms with Gasteiger partial charge in [-0.3, -0.25) is 4.21 Å². The number of nitrogens with one attached hydrogen (secondary N) is 3. The van der Waals surface area contributed by atoms with Crippen LogP contribution in [0.5, 0.6) is 0 Å². The minimum Gasteiger partial charge on any atom is -0.767 e. The van der Waals surface area contributed by atoms with Crippen molar-refractivity contribution in [3.05, 3.63) is 55.4 Å². The zero-order chi connectivity index (χ0) is 20.9. The molecule has 3 heterocycles. The molecule has 0 spiro atoms. The molecular weight excluding hydrogens is 406 g/mol. The van der Waals surface area contributed by atoms with Gasteiger partial charge in [-0.25, -0.2) is 29.9 Å². The smallest absolute Gasteiger partial charge is 0.188 e. The van der Waals surface area contributed by atoms with E-state index in [2.05, 4.69) is 45.5 Å². The maximum atomic E-state index is 11.5. The second kappa shape index (κ2) is 8.71. The molecule has 4 aromatic rings. The number of para-hydroxylation sites is 1. The molecule has 12 heteroatoms. The van der Waals surface area contributed by atoms with Crippen molar-refractivity contribution < 1.29 is 8.76 Å². The van der Waals surface area contributed by atoms with Crippen LogP contribution in [0.25, 0.3) is 11.2 Å². The van der Waals surface area contributed by atoms with Gasteiger partial charge in [-0.05, 0) is 19.1 Å². The second-order valence-corrected chi connectivity index (χ2v) is 6.95. The summed E-state index contributed by atoms with van der Waals surface area (Å²) in [6.07, 6.45) is 5.61. The maximum Gasteiger partial charge on any atom is 0.188 e. The van der Waals surface area contributed by atoms with Crippen LogP contribution in [0.2, 0.25) is 0 Å². The van der Waals surface area contributed by atoms with Gasteiger partial charge in [0.1, 0.15) is 17.7 Å². The van der Waals surface area contributed by atoms with E-state index in [0.717, 1.165) is 5.69 Å². The number of fused-ring (bicyclic) bond motifs is 1. The minimum absolute atomic E-state index is 0.0210. The number of aromatic amines is 1. The third kappa shape index (κ3) is 4.29.